The van der Waals surface area contributed by atoms with E-state index < -0.39 is 22.0 Å². The number of carbonyl (C=O) groups excluding carboxylic acids is 3. The number of amides is 3. The van der Waals surface area contributed by atoms with Crippen LogP contribution in [-0.2, 0) is 32.4 Å². The summed E-state index contributed by atoms with van der Waals surface area (Å²) in [4.78, 5) is 40.2. The first-order chi connectivity index (χ1) is 20.6. The van der Waals surface area contributed by atoms with E-state index in [2.05, 4.69) is 15.6 Å². The molecule has 0 saturated carbocycles. The van der Waals surface area contributed by atoms with Crippen LogP contribution in [0.4, 0.5) is 4.79 Å². The number of aryl methyl sites for hydroxylation is 1. The maximum atomic E-state index is 12.7. The van der Waals surface area contributed by atoms with E-state index in [1.165, 1.54) is 31.4 Å². The number of rotatable bonds is 15. The van der Waals surface area contributed by atoms with Crippen LogP contribution in [0, 0.1) is 0 Å². The van der Waals surface area contributed by atoms with E-state index in [0.29, 0.717) is 43.9 Å². The van der Waals surface area contributed by atoms with Crippen molar-refractivity contribution in [1.29, 1.82) is 0 Å². The lowest BCUT2D eigenvalue weighted by molar-refractivity contribution is -0.121. The highest BCUT2D eigenvalue weighted by molar-refractivity contribution is 7.90. The van der Waals surface area contributed by atoms with Crippen LogP contribution in [-0.4, -0.2) is 72.3 Å². The molecule has 0 radical (unpaired) electrons. The van der Waals surface area contributed by atoms with Gasteiger partial charge >= 0.3 is 6.09 Å². The van der Waals surface area contributed by atoms with E-state index in [1.54, 1.807) is 32.4 Å². The average Bonchev–Trinajstić information content (AvgIpc) is 3.00. The number of ether oxygens (including phenoxy) is 4. The van der Waals surface area contributed by atoms with E-state index in [0.717, 1.165) is 17.3 Å². The molecule has 43 heavy (non-hydrogen) atoms. The maximum Gasteiger partial charge on any atom is 0.414 e. The second-order valence-electron chi connectivity index (χ2n) is 9.06. The quantitative estimate of drug-likeness (QED) is 0.216. The third-order valence-corrected chi connectivity index (χ3v) is 7.40. The Morgan fingerprint density at radius 2 is 1.53 bits per heavy atom. The molecule has 230 valence electrons. The molecule has 0 bridgehead atoms. The number of pyridine rings is 1. The molecule has 14 heteroatoms. The normalized spacial score (nSPS) is 10.9. The molecule has 3 rings (SSSR count). The van der Waals surface area contributed by atoms with Gasteiger partial charge < -0.3 is 29.6 Å². The Hall–Kier alpha value is -4.69. The van der Waals surface area contributed by atoms with Crippen molar-refractivity contribution in [3.63, 3.8) is 0 Å². The predicted octanol–water partition coefficient (Wildman–Crippen LogP) is 2.24. The largest absolute Gasteiger partial charge is 0.493 e. The van der Waals surface area contributed by atoms with Crippen LogP contribution in [0.15, 0.2) is 65.7 Å². The number of aromatic nitrogens is 1. The smallest absolute Gasteiger partial charge is 0.414 e. The number of hydrogen-bond acceptors (Lipinski definition) is 10. The third-order valence-electron chi connectivity index (χ3n) is 6.06. The summed E-state index contributed by atoms with van der Waals surface area (Å²) in [7, 11) is 0.437. The molecule has 3 amide bonds. The molecule has 0 unspecified atom stereocenters. The summed E-state index contributed by atoms with van der Waals surface area (Å²) in [6, 6.07) is 14.0. The molecule has 1 heterocycles. The summed E-state index contributed by atoms with van der Waals surface area (Å²) in [5.41, 5.74) is 1.70. The van der Waals surface area contributed by atoms with Gasteiger partial charge in [0, 0.05) is 38.9 Å². The summed E-state index contributed by atoms with van der Waals surface area (Å²) in [5.74, 6) is 0.134. The lowest BCUT2D eigenvalue weighted by Gasteiger charge is -2.10. The van der Waals surface area contributed by atoms with Gasteiger partial charge in [-0.1, -0.05) is 18.2 Å². The summed E-state index contributed by atoms with van der Waals surface area (Å²) in [6.45, 7) is 0.920. The third kappa shape index (κ3) is 10.3. The highest BCUT2D eigenvalue weighted by atomic mass is 32.2. The summed E-state index contributed by atoms with van der Waals surface area (Å²) in [5, 5.41) is 5.30. The van der Waals surface area contributed by atoms with E-state index in [-0.39, 0.29) is 28.8 Å². The minimum Gasteiger partial charge on any atom is -0.493 e. The molecule has 0 spiro atoms. The fourth-order valence-electron chi connectivity index (χ4n) is 3.77. The number of benzene rings is 2. The number of nitrogens with one attached hydrogen (secondary N) is 3. The van der Waals surface area contributed by atoms with Crippen LogP contribution in [0.2, 0.25) is 0 Å². The van der Waals surface area contributed by atoms with Gasteiger partial charge in [-0.15, -0.1) is 0 Å². The number of sulfonamides is 1. The van der Waals surface area contributed by atoms with Crippen molar-refractivity contribution in [2.75, 3.05) is 41.0 Å². The Bertz CT molecular complexity index is 1500. The van der Waals surface area contributed by atoms with Crippen molar-refractivity contribution in [1.82, 2.24) is 20.3 Å². The van der Waals surface area contributed by atoms with E-state index in [4.69, 9.17) is 18.9 Å². The van der Waals surface area contributed by atoms with Gasteiger partial charge in [-0.3, -0.25) is 9.59 Å². The molecule has 2 aromatic carbocycles. The molecule has 3 aromatic rings. The van der Waals surface area contributed by atoms with Gasteiger partial charge in [0.05, 0.1) is 31.3 Å². The van der Waals surface area contributed by atoms with Crippen molar-refractivity contribution in [3.05, 3.63) is 77.5 Å². The molecule has 0 aliphatic heterocycles. The average molecular weight is 615 g/mol. The van der Waals surface area contributed by atoms with Gasteiger partial charge in [0.2, 0.25) is 11.8 Å². The van der Waals surface area contributed by atoms with E-state index in [9.17, 15) is 22.8 Å². The molecule has 0 saturated heterocycles. The second-order valence-corrected chi connectivity index (χ2v) is 10.7. The SMILES string of the molecule is COCCNC(=O)Oc1ccc(C(=O)NS(=O)(=O)c2ccc(CCNC(=O)CCc3ccc(OC)c(OC)c3)cc2)cn1. The fraction of sp³-hybridized carbons (Fsp3) is 0.310. The summed E-state index contributed by atoms with van der Waals surface area (Å²) >= 11 is 0. The van der Waals surface area contributed by atoms with E-state index in [1.807, 2.05) is 16.9 Å². The van der Waals surface area contributed by atoms with E-state index >= 15 is 0 Å². The van der Waals surface area contributed by atoms with Gasteiger partial charge in [-0.05, 0) is 54.3 Å². The Balaban J connectivity index is 1.44. The summed E-state index contributed by atoms with van der Waals surface area (Å²) < 4.78 is 47.7. The standard InChI is InChI=1S/C29H34N4O9S/c1-39-17-16-31-29(36)42-27-13-8-22(19-32-27)28(35)33-43(37,38)23-9-4-20(5-10-23)14-15-30-26(34)12-7-21-6-11-24(40-2)25(18-21)41-3/h4-6,8-11,13,18-19H,7,12,14-17H2,1-3H3,(H,30,34)(H,31,36)(H,33,35). The van der Waals surface area contributed by atoms with Crippen molar-refractivity contribution in [2.45, 2.75) is 24.2 Å². The van der Waals surface area contributed by atoms with Crippen molar-refractivity contribution in [3.8, 4) is 17.4 Å². The molecular weight excluding hydrogens is 580 g/mol. The molecule has 0 aliphatic rings. The Kier molecular flexibility index (Phi) is 12.3. The second kappa shape index (κ2) is 16.1. The number of carbonyl (C=O) groups is 3. The van der Waals surface area contributed by atoms with Gasteiger partial charge in [0.15, 0.2) is 11.5 Å². The summed E-state index contributed by atoms with van der Waals surface area (Å²) in [6.07, 6.45) is 1.65. The zero-order chi connectivity index (χ0) is 31.2. The molecular formula is C29H34N4O9S. The van der Waals surface area contributed by atoms with Crippen LogP contribution in [0.5, 0.6) is 17.4 Å². The predicted molar refractivity (Wildman–Crippen MR) is 156 cm³/mol. The molecule has 1 aromatic heterocycles. The first kappa shape index (κ1) is 32.8. The Labute approximate surface area is 249 Å². The Morgan fingerprint density at radius 3 is 2.19 bits per heavy atom. The zero-order valence-corrected chi connectivity index (χ0v) is 24.9. The highest BCUT2D eigenvalue weighted by Crippen LogP contribution is 2.28. The monoisotopic (exact) mass is 614 g/mol. The van der Waals surface area contributed by atoms with Crippen molar-refractivity contribution >= 4 is 27.9 Å². The van der Waals surface area contributed by atoms with Gasteiger partial charge in [0.1, 0.15) is 0 Å². The minimum absolute atomic E-state index is 0.0470. The van der Waals surface area contributed by atoms with Gasteiger partial charge in [-0.2, -0.15) is 0 Å². The fourth-order valence-corrected chi connectivity index (χ4v) is 4.74. The van der Waals surface area contributed by atoms with Crippen LogP contribution in [0.3, 0.4) is 0 Å². The topological polar surface area (TPSA) is 171 Å². The van der Waals surface area contributed by atoms with Crippen LogP contribution < -0.4 is 29.6 Å². The lowest BCUT2D eigenvalue weighted by atomic mass is 10.1. The number of methoxy groups -OCH3 is 3. The van der Waals surface area contributed by atoms with Crippen LogP contribution in [0.1, 0.15) is 27.9 Å². The molecule has 0 atom stereocenters. The Morgan fingerprint density at radius 1 is 0.814 bits per heavy atom. The van der Waals surface area contributed by atoms with Gasteiger partial charge in [0.25, 0.3) is 15.9 Å². The number of hydrogen-bond donors (Lipinski definition) is 3. The lowest BCUT2D eigenvalue weighted by Crippen LogP contribution is -2.31. The van der Waals surface area contributed by atoms with Gasteiger partial charge in [-0.25, -0.2) is 22.9 Å². The van der Waals surface area contributed by atoms with Crippen LogP contribution in [0.25, 0.3) is 0 Å². The molecule has 13 nitrogen and oxygen atoms in total. The zero-order valence-electron chi connectivity index (χ0n) is 24.0. The number of nitrogens with zero attached hydrogens (tertiary/aromatic N) is 1. The van der Waals surface area contributed by atoms with Crippen LogP contribution >= 0.6 is 0 Å². The highest BCUT2D eigenvalue weighted by Gasteiger charge is 2.19. The molecule has 3 N–H and O–H groups in total. The minimum atomic E-state index is -4.16. The van der Waals surface area contributed by atoms with Crippen molar-refractivity contribution in [2.24, 2.45) is 0 Å². The first-order valence-corrected chi connectivity index (χ1v) is 14.7. The maximum absolute atomic E-state index is 12.7. The van der Waals surface area contributed by atoms with Crippen molar-refractivity contribution < 1.29 is 41.7 Å². The molecule has 0 aliphatic carbocycles. The molecule has 0 fully saturated rings. The first-order valence-electron chi connectivity index (χ1n) is 13.2.